The van der Waals surface area contributed by atoms with Crippen LogP contribution in [0.2, 0.25) is 0 Å². The highest BCUT2D eigenvalue weighted by Crippen LogP contribution is 2.55. The molecule has 3 atom stereocenters. The predicted molar refractivity (Wildman–Crippen MR) is 293 cm³/mol. The summed E-state index contributed by atoms with van der Waals surface area (Å²) < 4.78 is 71.2. The summed E-state index contributed by atoms with van der Waals surface area (Å²) in [5, 5.41) is 36.9. The van der Waals surface area contributed by atoms with Gasteiger partial charge < -0.3 is 28.4 Å². The molecule has 10 rings (SSSR count). The lowest BCUT2D eigenvalue weighted by atomic mass is 9.84. The highest BCUT2D eigenvalue weighted by molar-refractivity contribution is 7.90. The maximum atomic E-state index is 14.4. The van der Waals surface area contributed by atoms with Gasteiger partial charge in [-0.3, -0.25) is 49.9 Å². The first-order valence-corrected chi connectivity index (χ1v) is 29.1. The largest absolute Gasteiger partial charge is 0.379 e. The Morgan fingerprint density at radius 3 is 1.50 bits per heavy atom. The number of fused-ring (bicyclic) bond motifs is 3. The van der Waals surface area contributed by atoms with Crippen molar-refractivity contribution in [3.63, 3.8) is 0 Å². The number of sulfone groups is 1. The molecule has 22 nitrogen and oxygen atoms in total. The maximum Gasteiger partial charge on any atom is 0.269 e. The van der Waals surface area contributed by atoms with Crippen LogP contribution in [0.25, 0.3) is 11.1 Å². The van der Waals surface area contributed by atoms with Gasteiger partial charge in [-0.25, -0.2) is 8.42 Å². The molecule has 5 aromatic carbocycles. The highest BCUT2D eigenvalue weighted by atomic mass is 32.2. The number of hydroxylamine groups is 2. The molecule has 0 saturated carbocycles. The third-order valence-electron chi connectivity index (χ3n) is 15.9. The van der Waals surface area contributed by atoms with Gasteiger partial charge in [-0.2, -0.15) is 0 Å². The summed E-state index contributed by atoms with van der Waals surface area (Å²) in [6.07, 6.45) is 1.36. The average Bonchev–Trinajstić information content (AvgIpc) is 3.78. The Morgan fingerprint density at radius 1 is 0.525 bits per heavy atom. The summed E-state index contributed by atoms with van der Waals surface area (Å²) in [4.78, 5) is 47.5. The van der Waals surface area contributed by atoms with Crippen molar-refractivity contribution in [2.75, 3.05) is 118 Å². The smallest absolute Gasteiger partial charge is 0.269 e. The van der Waals surface area contributed by atoms with E-state index >= 15 is 0 Å². The molecule has 3 unspecified atom stereocenters. The number of rotatable bonds is 23. The van der Waals surface area contributed by atoms with E-state index in [4.69, 9.17) is 33.3 Å². The van der Waals surface area contributed by atoms with E-state index in [0.29, 0.717) is 104 Å². The Labute approximate surface area is 464 Å². The molecule has 4 saturated heterocycles. The second-order valence-electron chi connectivity index (χ2n) is 20.5. The molecule has 4 aliphatic heterocycles. The molecule has 0 aromatic heterocycles. The van der Waals surface area contributed by atoms with Crippen molar-refractivity contribution in [3.8, 4) is 11.1 Å². The number of benzene rings is 5. The molecule has 23 heteroatoms. The molecular formula is C57H67N7O15S. The molecule has 5 aliphatic rings. The van der Waals surface area contributed by atoms with Gasteiger partial charge in [-0.1, -0.05) is 84.9 Å². The highest BCUT2D eigenvalue weighted by Gasteiger charge is 2.77. The number of nitro groups is 3. The van der Waals surface area contributed by atoms with E-state index in [1.807, 2.05) is 29.3 Å². The van der Waals surface area contributed by atoms with Crippen LogP contribution in [0, 0.1) is 30.3 Å². The second kappa shape index (κ2) is 25.3. The van der Waals surface area contributed by atoms with Gasteiger partial charge in [0.1, 0.15) is 0 Å². The lowest BCUT2D eigenvalue weighted by Crippen LogP contribution is -2.89. The Kier molecular flexibility index (Phi) is 18.0. The Balaban J connectivity index is 1.16. The summed E-state index contributed by atoms with van der Waals surface area (Å²) in [5.41, 5.74) is 2.68. The Bertz CT molecular complexity index is 3010. The van der Waals surface area contributed by atoms with Crippen LogP contribution in [0.5, 0.6) is 0 Å². The lowest BCUT2D eigenvalue weighted by Gasteiger charge is -2.67. The zero-order chi connectivity index (χ0) is 55.7. The Morgan fingerprint density at radius 2 is 0.988 bits per heavy atom. The van der Waals surface area contributed by atoms with E-state index in [0.717, 1.165) is 33.4 Å². The van der Waals surface area contributed by atoms with E-state index in [-0.39, 0.29) is 68.1 Å². The molecule has 0 radical (unpaired) electrons. The van der Waals surface area contributed by atoms with Crippen LogP contribution in [0.4, 0.5) is 17.1 Å². The number of morpholine rings is 3. The van der Waals surface area contributed by atoms with Crippen LogP contribution in [-0.4, -0.2) is 178 Å². The van der Waals surface area contributed by atoms with Gasteiger partial charge in [-0.05, 0) is 64.6 Å². The zero-order valence-electron chi connectivity index (χ0n) is 44.6. The van der Waals surface area contributed by atoms with Crippen molar-refractivity contribution >= 4 is 26.9 Å². The fraction of sp³-hybridized carbons (Fsp3) is 0.474. The van der Waals surface area contributed by atoms with Gasteiger partial charge in [0.15, 0.2) is 15.6 Å². The summed E-state index contributed by atoms with van der Waals surface area (Å²) in [5.74, 6) is -2.90. The van der Waals surface area contributed by atoms with Gasteiger partial charge in [0, 0.05) is 88.1 Å². The zero-order valence-corrected chi connectivity index (χ0v) is 45.4. The van der Waals surface area contributed by atoms with Crippen LogP contribution >= 0.6 is 0 Å². The number of ether oxygens (including phenoxy) is 6. The van der Waals surface area contributed by atoms with Gasteiger partial charge in [0.25, 0.3) is 22.9 Å². The topological polar surface area (TPSA) is 241 Å². The van der Waals surface area contributed by atoms with Crippen molar-refractivity contribution in [2.24, 2.45) is 0 Å². The molecule has 4 fully saturated rings. The van der Waals surface area contributed by atoms with Gasteiger partial charge >= 0.3 is 0 Å². The summed E-state index contributed by atoms with van der Waals surface area (Å²) in [6, 6.07) is 34.8. The van der Waals surface area contributed by atoms with Gasteiger partial charge in [0.05, 0.1) is 92.3 Å². The van der Waals surface area contributed by atoms with Crippen LogP contribution < -0.4 is 0 Å². The predicted octanol–water partition coefficient (Wildman–Crippen LogP) is 6.74. The van der Waals surface area contributed by atoms with Gasteiger partial charge in [-0.15, -0.1) is 5.06 Å². The molecule has 4 heterocycles. The van der Waals surface area contributed by atoms with Crippen molar-refractivity contribution in [1.29, 1.82) is 0 Å². The molecule has 0 N–H and O–H groups in total. The molecular weight excluding hydrogens is 1050 g/mol. The van der Waals surface area contributed by atoms with E-state index < -0.39 is 47.7 Å². The van der Waals surface area contributed by atoms with Crippen molar-refractivity contribution in [1.82, 2.24) is 19.8 Å². The first-order chi connectivity index (χ1) is 38.8. The fourth-order valence-corrected chi connectivity index (χ4v) is 13.4. The number of nitrogens with zero attached hydrogens (tertiary/aromatic N) is 7. The molecule has 5 aromatic rings. The number of hydrogen-bond acceptors (Lipinski definition) is 19. The molecule has 0 bridgehead atoms. The lowest BCUT2D eigenvalue weighted by molar-refractivity contribution is -0.484. The van der Waals surface area contributed by atoms with E-state index in [9.17, 15) is 38.8 Å². The van der Waals surface area contributed by atoms with E-state index in [1.54, 1.807) is 24.3 Å². The Hall–Kier alpha value is -6.19. The third kappa shape index (κ3) is 11.8. The number of hydrogen-bond donors (Lipinski definition) is 0. The minimum absolute atomic E-state index is 0.0325. The summed E-state index contributed by atoms with van der Waals surface area (Å²) >= 11 is 0. The monoisotopic (exact) mass is 1120 g/mol. The van der Waals surface area contributed by atoms with E-state index in [2.05, 4.69) is 39.0 Å². The minimum atomic E-state index is -3.93. The number of nitro benzene ring substituents is 3. The fourth-order valence-electron chi connectivity index (χ4n) is 12.2. The summed E-state index contributed by atoms with van der Waals surface area (Å²) in [7, 11) is -3.93. The standard InChI is InChI=1S/C57H67N7O15S/c65-62(66)47-16-10-44(11-17-47)22-32-77-57(60-30-38-75-39-31-60)56(59-28-36-74-37-29-59,78-42-54-52-8-3-1-6-50(52)51-7-2-4-9-53(51)54)55(58-26-34-73-35-27-58,76-40-41-80(71,72)43-46-14-20-49(21-15-46)64(69)70)24-5-25-61(57)79-33-23-45-12-18-48(19-13-45)63(67)68/h1-4,6-21,54H,5,22-43H2. The second-order valence-corrected chi connectivity index (χ2v) is 22.7. The van der Waals surface area contributed by atoms with Crippen LogP contribution in [-0.2, 0) is 61.7 Å². The molecule has 0 spiro atoms. The molecule has 426 valence electrons. The average molecular weight is 1120 g/mol. The third-order valence-corrected chi connectivity index (χ3v) is 17.5. The van der Waals surface area contributed by atoms with Crippen LogP contribution in [0.15, 0.2) is 121 Å². The molecule has 1 aliphatic carbocycles. The first kappa shape index (κ1) is 57.1. The first-order valence-electron chi connectivity index (χ1n) is 27.2. The minimum Gasteiger partial charge on any atom is -0.379 e. The normalized spacial score (nSPS) is 23.5. The van der Waals surface area contributed by atoms with E-state index in [1.165, 1.54) is 48.5 Å². The SMILES string of the molecule is O=[N+]([O-])c1ccc(CCON2CCCC(OCCS(=O)(=O)Cc3ccc([N+](=O)[O-])cc3)(N3CCOCC3)C(OCC3c4ccccc4-c4ccccc43)(N3CCOCC3)C2(OCCc2ccc([N+](=O)[O-])cc2)N2CCOCC2)cc1. The molecule has 0 amide bonds. The van der Waals surface area contributed by atoms with Crippen LogP contribution in [0.3, 0.4) is 0 Å². The quantitative estimate of drug-likeness (QED) is 0.0485. The van der Waals surface area contributed by atoms with Gasteiger partial charge in [0.2, 0.25) is 5.72 Å². The van der Waals surface area contributed by atoms with Crippen molar-refractivity contribution in [2.45, 2.75) is 54.7 Å². The van der Waals surface area contributed by atoms with Crippen molar-refractivity contribution in [3.05, 3.63) is 179 Å². The number of non-ortho nitro benzene ring substituents is 3. The van der Waals surface area contributed by atoms with Crippen molar-refractivity contribution < 1.29 is 56.4 Å². The molecule has 80 heavy (non-hydrogen) atoms. The summed E-state index contributed by atoms with van der Waals surface area (Å²) in [6.45, 7) is 4.07. The maximum absolute atomic E-state index is 14.4. The van der Waals surface area contributed by atoms with Crippen LogP contribution in [0.1, 0.15) is 46.6 Å².